The molecule has 1 rings (SSSR count). The van der Waals surface area contributed by atoms with Crippen LogP contribution in [0.3, 0.4) is 0 Å². The Hall–Kier alpha value is -0.610. The van der Waals surface area contributed by atoms with Crippen LogP contribution in [0.25, 0.3) is 0 Å². The highest BCUT2D eigenvalue weighted by atomic mass is 16.5. The lowest BCUT2D eigenvalue weighted by atomic mass is 9.82. The Kier molecular flexibility index (Phi) is 4.18. The fourth-order valence-corrected chi connectivity index (χ4v) is 1.41. The monoisotopic (exact) mass is 187 g/mol. The van der Waals surface area contributed by atoms with Crippen LogP contribution >= 0.6 is 0 Å². The minimum absolute atomic E-state index is 0.0308. The zero-order valence-electron chi connectivity index (χ0n) is 7.95. The van der Waals surface area contributed by atoms with E-state index in [1.165, 1.54) is 0 Å². The van der Waals surface area contributed by atoms with Gasteiger partial charge >= 0.3 is 0 Å². The van der Waals surface area contributed by atoms with Crippen molar-refractivity contribution in [2.45, 2.75) is 25.4 Å². The topological polar surface area (TPSA) is 58.6 Å². The standard InChI is InChI=1S/C9H17NO3/c1-13-3-2-9(12)10-6-7-4-8(11)5-7/h7-8,11H,2-6H2,1H3,(H,10,12). The van der Waals surface area contributed by atoms with Crippen LogP contribution < -0.4 is 5.32 Å². The number of carbonyl (C=O) groups excluding carboxylic acids is 1. The first kappa shape index (κ1) is 10.5. The van der Waals surface area contributed by atoms with Crippen LogP contribution in [0.4, 0.5) is 0 Å². The number of rotatable bonds is 5. The van der Waals surface area contributed by atoms with Gasteiger partial charge in [-0.15, -0.1) is 0 Å². The number of methoxy groups -OCH3 is 1. The molecule has 0 unspecified atom stereocenters. The molecule has 4 nitrogen and oxygen atoms in total. The summed E-state index contributed by atoms with van der Waals surface area (Å²) >= 11 is 0. The van der Waals surface area contributed by atoms with Crippen molar-refractivity contribution in [3.05, 3.63) is 0 Å². The number of nitrogens with one attached hydrogen (secondary N) is 1. The molecular formula is C9H17NO3. The SMILES string of the molecule is COCCC(=O)NCC1CC(O)C1. The zero-order valence-corrected chi connectivity index (χ0v) is 7.95. The highest BCUT2D eigenvalue weighted by Gasteiger charge is 2.26. The first-order valence-electron chi connectivity index (χ1n) is 4.66. The number of hydrogen-bond acceptors (Lipinski definition) is 3. The third-order valence-electron chi connectivity index (χ3n) is 2.33. The molecule has 76 valence electrons. The van der Waals surface area contributed by atoms with Crippen LogP contribution in [0.2, 0.25) is 0 Å². The van der Waals surface area contributed by atoms with Crippen molar-refractivity contribution >= 4 is 5.91 Å². The third kappa shape index (κ3) is 3.74. The molecule has 0 heterocycles. The molecule has 0 spiro atoms. The Labute approximate surface area is 78.3 Å². The molecule has 0 radical (unpaired) electrons. The van der Waals surface area contributed by atoms with Gasteiger partial charge in [-0.05, 0) is 18.8 Å². The van der Waals surface area contributed by atoms with Gasteiger partial charge in [0.15, 0.2) is 0 Å². The quantitative estimate of drug-likeness (QED) is 0.632. The van der Waals surface area contributed by atoms with Crippen molar-refractivity contribution < 1.29 is 14.6 Å². The molecule has 4 heteroatoms. The van der Waals surface area contributed by atoms with Gasteiger partial charge in [-0.3, -0.25) is 4.79 Å². The normalized spacial score (nSPS) is 26.6. The number of aliphatic hydroxyl groups excluding tert-OH is 1. The van der Waals surface area contributed by atoms with E-state index < -0.39 is 0 Å². The Bertz CT molecular complexity index is 166. The van der Waals surface area contributed by atoms with E-state index in [0.29, 0.717) is 25.5 Å². The first-order chi connectivity index (χ1) is 6.22. The average molecular weight is 187 g/mol. The lowest BCUT2D eigenvalue weighted by Gasteiger charge is -2.31. The Morgan fingerprint density at radius 3 is 2.85 bits per heavy atom. The van der Waals surface area contributed by atoms with E-state index in [1.54, 1.807) is 7.11 Å². The van der Waals surface area contributed by atoms with Crippen molar-refractivity contribution in [1.82, 2.24) is 5.32 Å². The Morgan fingerprint density at radius 2 is 2.31 bits per heavy atom. The Balaban J connectivity index is 1.96. The van der Waals surface area contributed by atoms with Gasteiger partial charge in [-0.1, -0.05) is 0 Å². The molecular weight excluding hydrogens is 170 g/mol. The van der Waals surface area contributed by atoms with Crippen molar-refractivity contribution in [3.63, 3.8) is 0 Å². The van der Waals surface area contributed by atoms with Gasteiger partial charge in [0.05, 0.1) is 12.7 Å². The summed E-state index contributed by atoms with van der Waals surface area (Å²) in [6.07, 6.45) is 1.93. The van der Waals surface area contributed by atoms with Crippen LogP contribution in [-0.2, 0) is 9.53 Å². The molecule has 0 aromatic carbocycles. The van der Waals surface area contributed by atoms with E-state index in [2.05, 4.69) is 5.32 Å². The molecule has 0 atom stereocenters. The van der Waals surface area contributed by atoms with Crippen LogP contribution in [0.15, 0.2) is 0 Å². The van der Waals surface area contributed by atoms with Gasteiger partial charge < -0.3 is 15.2 Å². The van der Waals surface area contributed by atoms with E-state index in [-0.39, 0.29) is 12.0 Å². The van der Waals surface area contributed by atoms with Crippen LogP contribution in [0, 0.1) is 5.92 Å². The molecule has 1 aliphatic rings. The lowest BCUT2D eigenvalue weighted by molar-refractivity contribution is -0.122. The predicted molar refractivity (Wildman–Crippen MR) is 48.2 cm³/mol. The molecule has 0 aliphatic heterocycles. The van der Waals surface area contributed by atoms with Crippen LogP contribution in [-0.4, -0.2) is 37.4 Å². The van der Waals surface area contributed by atoms with Gasteiger partial charge in [0.25, 0.3) is 0 Å². The Morgan fingerprint density at radius 1 is 1.62 bits per heavy atom. The maximum atomic E-state index is 11.1. The lowest BCUT2D eigenvalue weighted by Crippen LogP contribution is -2.38. The van der Waals surface area contributed by atoms with Gasteiger partial charge in [0, 0.05) is 20.1 Å². The van der Waals surface area contributed by atoms with E-state index >= 15 is 0 Å². The molecule has 0 saturated heterocycles. The van der Waals surface area contributed by atoms with Gasteiger partial charge in [-0.2, -0.15) is 0 Å². The summed E-state index contributed by atoms with van der Waals surface area (Å²) in [6.45, 7) is 1.17. The van der Waals surface area contributed by atoms with Crippen molar-refractivity contribution in [1.29, 1.82) is 0 Å². The summed E-state index contributed by atoms with van der Waals surface area (Å²) in [7, 11) is 1.58. The number of carbonyl (C=O) groups is 1. The summed E-state index contributed by atoms with van der Waals surface area (Å²) in [6, 6.07) is 0. The first-order valence-corrected chi connectivity index (χ1v) is 4.66. The smallest absolute Gasteiger partial charge is 0.222 e. The largest absolute Gasteiger partial charge is 0.393 e. The van der Waals surface area contributed by atoms with Crippen molar-refractivity contribution in [2.24, 2.45) is 5.92 Å². The van der Waals surface area contributed by atoms with E-state index in [9.17, 15) is 4.79 Å². The van der Waals surface area contributed by atoms with Gasteiger partial charge in [0.2, 0.25) is 5.91 Å². The second-order valence-electron chi connectivity index (χ2n) is 3.54. The number of aliphatic hydroxyl groups is 1. The van der Waals surface area contributed by atoms with Crippen molar-refractivity contribution in [3.8, 4) is 0 Å². The summed E-state index contributed by atoms with van der Waals surface area (Å²) in [5, 5.41) is 11.8. The molecule has 1 saturated carbocycles. The molecule has 2 N–H and O–H groups in total. The summed E-state index contributed by atoms with van der Waals surface area (Å²) in [5.74, 6) is 0.504. The van der Waals surface area contributed by atoms with Crippen molar-refractivity contribution in [2.75, 3.05) is 20.3 Å². The second kappa shape index (κ2) is 5.19. The number of ether oxygens (including phenoxy) is 1. The van der Waals surface area contributed by atoms with E-state index in [4.69, 9.17) is 9.84 Å². The molecule has 1 fully saturated rings. The number of hydrogen-bond donors (Lipinski definition) is 2. The number of amides is 1. The van der Waals surface area contributed by atoms with E-state index in [0.717, 1.165) is 12.8 Å². The molecule has 0 aromatic rings. The molecule has 1 amide bonds. The highest BCUT2D eigenvalue weighted by Crippen LogP contribution is 2.25. The van der Waals surface area contributed by atoms with Gasteiger partial charge in [0.1, 0.15) is 0 Å². The highest BCUT2D eigenvalue weighted by molar-refractivity contribution is 5.75. The fourth-order valence-electron chi connectivity index (χ4n) is 1.41. The van der Waals surface area contributed by atoms with Gasteiger partial charge in [-0.25, -0.2) is 0 Å². The fraction of sp³-hybridized carbons (Fsp3) is 0.889. The molecule has 0 bridgehead atoms. The molecule has 0 aromatic heterocycles. The average Bonchev–Trinajstić information content (AvgIpc) is 2.07. The molecule has 13 heavy (non-hydrogen) atoms. The maximum absolute atomic E-state index is 11.1. The predicted octanol–water partition coefficient (Wildman–Crippen LogP) is -0.0900. The molecule has 1 aliphatic carbocycles. The van der Waals surface area contributed by atoms with Crippen LogP contribution in [0.5, 0.6) is 0 Å². The minimum Gasteiger partial charge on any atom is -0.393 e. The maximum Gasteiger partial charge on any atom is 0.222 e. The zero-order chi connectivity index (χ0) is 9.68. The van der Waals surface area contributed by atoms with E-state index in [1.807, 2.05) is 0 Å². The summed E-state index contributed by atoms with van der Waals surface area (Å²) < 4.78 is 4.78. The third-order valence-corrected chi connectivity index (χ3v) is 2.33. The second-order valence-corrected chi connectivity index (χ2v) is 3.54. The minimum atomic E-state index is -0.138. The van der Waals surface area contributed by atoms with Crippen LogP contribution in [0.1, 0.15) is 19.3 Å². The summed E-state index contributed by atoms with van der Waals surface area (Å²) in [4.78, 5) is 11.1. The summed E-state index contributed by atoms with van der Waals surface area (Å²) in [5.41, 5.74) is 0.